The largest absolute Gasteiger partial charge is 0.482 e. The molecule has 0 spiro atoms. The van der Waals surface area contributed by atoms with Crippen LogP contribution in [0.5, 0.6) is 5.75 Å². The SMILES string of the molecule is O=C(CN1C(=O)COc2ccc(-c3csc(Cc4ccccc4)n3)cc21)NC1CCCCC1. The first-order chi connectivity index (χ1) is 16.2. The number of thiazole rings is 1. The van der Waals surface area contributed by atoms with E-state index in [1.54, 1.807) is 11.3 Å². The van der Waals surface area contributed by atoms with Gasteiger partial charge in [0.05, 0.1) is 16.4 Å². The molecule has 0 bridgehead atoms. The highest BCUT2D eigenvalue weighted by atomic mass is 32.1. The predicted octanol–water partition coefficient (Wildman–Crippen LogP) is 4.58. The molecule has 0 radical (unpaired) electrons. The van der Waals surface area contributed by atoms with E-state index < -0.39 is 0 Å². The van der Waals surface area contributed by atoms with Gasteiger partial charge >= 0.3 is 0 Å². The zero-order valence-corrected chi connectivity index (χ0v) is 19.3. The zero-order chi connectivity index (χ0) is 22.6. The van der Waals surface area contributed by atoms with Crippen molar-refractivity contribution in [1.82, 2.24) is 10.3 Å². The van der Waals surface area contributed by atoms with Crippen molar-refractivity contribution >= 4 is 28.8 Å². The zero-order valence-electron chi connectivity index (χ0n) is 18.5. The van der Waals surface area contributed by atoms with Gasteiger partial charge in [0.1, 0.15) is 12.3 Å². The molecule has 5 rings (SSSR count). The molecule has 7 heteroatoms. The number of ether oxygens (including phenoxy) is 1. The van der Waals surface area contributed by atoms with Gasteiger partial charge in [-0.2, -0.15) is 0 Å². The Balaban J connectivity index is 1.33. The van der Waals surface area contributed by atoms with Gasteiger partial charge in [0.15, 0.2) is 6.61 Å². The van der Waals surface area contributed by atoms with Gasteiger partial charge in [0.25, 0.3) is 5.91 Å². The second-order valence-electron chi connectivity index (χ2n) is 8.64. The number of nitrogens with zero attached hydrogens (tertiary/aromatic N) is 2. The summed E-state index contributed by atoms with van der Waals surface area (Å²) in [6, 6.07) is 16.2. The van der Waals surface area contributed by atoms with Gasteiger partial charge in [-0.3, -0.25) is 14.5 Å². The lowest BCUT2D eigenvalue weighted by atomic mass is 9.95. The Morgan fingerprint density at radius 1 is 1.12 bits per heavy atom. The average molecular weight is 462 g/mol. The van der Waals surface area contributed by atoms with Crippen molar-refractivity contribution in [3.8, 4) is 17.0 Å². The standard InChI is InChI=1S/C26H27N3O3S/c30-24(27-20-9-5-2-6-10-20)15-29-22-14-19(11-12-23(22)32-16-26(29)31)21-17-33-25(28-21)13-18-7-3-1-4-8-18/h1,3-4,7-8,11-12,14,17,20H,2,5-6,9-10,13,15-16H2,(H,27,30). The van der Waals surface area contributed by atoms with Gasteiger partial charge in [-0.05, 0) is 36.6 Å². The lowest BCUT2D eigenvalue weighted by Crippen LogP contribution is -2.47. The second kappa shape index (κ2) is 9.75. The molecule has 3 aromatic rings. The molecule has 1 aliphatic carbocycles. The van der Waals surface area contributed by atoms with E-state index in [2.05, 4.69) is 17.4 Å². The monoisotopic (exact) mass is 461 g/mol. The Bertz CT molecular complexity index is 1140. The number of hydrogen-bond donors (Lipinski definition) is 1. The summed E-state index contributed by atoms with van der Waals surface area (Å²) in [6.07, 6.45) is 6.33. The second-order valence-corrected chi connectivity index (χ2v) is 9.59. The molecule has 2 aliphatic rings. The third kappa shape index (κ3) is 5.09. The number of nitrogens with one attached hydrogen (secondary N) is 1. The Morgan fingerprint density at radius 3 is 2.76 bits per heavy atom. The van der Waals surface area contributed by atoms with Gasteiger partial charge in [-0.15, -0.1) is 11.3 Å². The topological polar surface area (TPSA) is 71.5 Å². The molecule has 33 heavy (non-hydrogen) atoms. The molecule has 1 aliphatic heterocycles. The number of fused-ring (bicyclic) bond motifs is 1. The molecule has 0 atom stereocenters. The number of hydrogen-bond acceptors (Lipinski definition) is 5. The number of aromatic nitrogens is 1. The van der Waals surface area contributed by atoms with E-state index in [0.29, 0.717) is 11.4 Å². The molecule has 2 amide bonds. The van der Waals surface area contributed by atoms with Crippen molar-refractivity contribution in [2.45, 2.75) is 44.6 Å². The maximum atomic E-state index is 12.7. The Kier molecular flexibility index (Phi) is 6.39. The lowest BCUT2D eigenvalue weighted by Gasteiger charge is -2.30. The first kappa shape index (κ1) is 21.6. The minimum Gasteiger partial charge on any atom is -0.482 e. The predicted molar refractivity (Wildman–Crippen MR) is 130 cm³/mol. The van der Waals surface area contributed by atoms with Gasteiger partial charge in [0.2, 0.25) is 5.91 Å². The molecule has 2 heterocycles. The summed E-state index contributed by atoms with van der Waals surface area (Å²) >= 11 is 1.62. The van der Waals surface area contributed by atoms with Crippen LogP contribution in [-0.2, 0) is 16.0 Å². The van der Waals surface area contributed by atoms with Crippen LogP contribution in [0.2, 0.25) is 0 Å². The van der Waals surface area contributed by atoms with E-state index >= 15 is 0 Å². The van der Waals surface area contributed by atoms with Crippen LogP contribution in [-0.4, -0.2) is 36.0 Å². The van der Waals surface area contributed by atoms with Gasteiger partial charge in [0, 0.05) is 23.4 Å². The first-order valence-electron chi connectivity index (χ1n) is 11.5. The molecule has 2 aromatic carbocycles. The molecule has 1 saturated carbocycles. The van der Waals surface area contributed by atoms with Crippen LogP contribution in [0, 0.1) is 0 Å². The highest BCUT2D eigenvalue weighted by Gasteiger charge is 2.29. The van der Waals surface area contributed by atoms with E-state index in [0.717, 1.165) is 48.4 Å². The van der Waals surface area contributed by atoms with Crippen LogP contribution in [0.1, 0.15) is 42.7 Å². The maximum Gasteiger partial charge on any atom is 0.265 e. The fourth-order valence-corrected chi connectivity index (χ4v) is 5.33. The van der Waals surface area contributed by atoms with Crippen LogP contribution in [0.4, 0.5) is 5.69 Å². The van der Waals surface area contributed by atoms with Crippen molar-refractivity contribution in [2.75, 3.05) is 18.1 Å². The fourth-order valence-electron chi connectivity index (χ4n) is 4.49. The molecule has 6 nitrogen and oxygen atoms in total. The number of carbonyl (C=O) groups is 2. The molecular weight excluding hydrogens is 434 g/mol. The highest BCUT2D eigenvalue weighted by Crippen LogP contribution is 2.36. The number of benzene rings is 2. The van der Waals surface area contributed by atoms with Crippen molar-refractivity contribution in [2.24, 2.45) is 0 Å². The van der Waals surface area contributed by atoms with Crippen LogP contribution in [0.15, 0.2) is 53.9 Å². The quantitative estimate of drug-likeness (QED) is 0.584. The van der Waals surface area contributed by atoms with E-state index in [4.69, 9.17) is 9.72 Å². The van der Waals surface area contributed by atoms with E-state index in [-0.39, 0.29) is 31.0 Å². The molecule has 1 fully saturated rings. The maximum absolute atomic E-state index is 12.7. The number of anilines is 1. The van der Waals surface area contributed by atoms with Gasteiger partial charge < -0.3 is 10.1 Å². The lowest BCUT2D eigenvalue weighted by molar-refractivity contribution is -0.125. The van der Waals surface area contributed by atoms with Crippen LogP contribution >= 0.6 is 11.3 Å². The molecule has 1 aromatic heterocycles. The summed E-state index contributed by atoms with van der Waals surface area (Å²) < 4.78 is 5.63. The molecular formula is C26H27N3O3S. The Hall–Kier alpha value is -3.19. The number of amides is 2. The van der Waals surface area contributed by atoms with E-state index in [1.165, 1.54) is 16.9 Å². The third-order valence-corrected chi connectivity index (χ3v) is 7.07. The average Bonchev–Trinajstić information content (AvgIpc) is 3.30. The summed E-state index contributed by atoms with van der Waals surface area (Å²) in [4.78, 5) is 31.7. The Labute approximate surface area is 197 Å². The van der Waals surface area contributed by atoms with E-state index in [1.807, 2.05) is 41.8 Å². The number of carbonyl (C=O) groups excluding carboxylic acids is 2. The smallest absolute Gasteiger partial charge is 0.265 e. The summed E-state index contributed by atoms with van der Waals surface area (Å²) in [6.45, 7) is -0.0492. The number of rotatable bonds is 6. The third-order valence-electron chi connectivity index (χ3n) is 6.22. The summed E-state index contributed by atoms with van der Waals surface area (Å²) in [5.41, 5.74) is 3.61. The van der Waals surface area contributed by atoms with Crippen molar-refractivity contribution in [3.05, 3.63) is 64.5 Å². The fraction of sp³-hybridized carbons (Fsp3) is 0.346. The summed E-state index contributed by atoms with van der Waals surface area (Å²) in [5, 5.41) is 6.17. The summed E-state index contributed by atoms with van der Waals surface area (Å²) in [5.74, 6) is 0.289. The van der Waals surface area contributed by atoms with Crippen LogP contribution in [0.25, 0.3) is 11.3 Å². The van der Waals surface area contributed by atoms with Gasteiger partial charge in [-0.1, -0.05) is 49.6 Å². The highest BCUT2D eigenvalue weighted by molar-refractivity contribution is 7.10. The minimum atomic E-state index is -0.207. The molecule has 1 N–H and O–H groups in total. The van der Waals surface area contributed by atoms with E-state index in [9.17, 15) is 9.59 Å². The van der Waals surface area contributed by atoms with Crippen molar-refractivity contribution in [3.63, 3.8) is 0 Å². The van der Waals surface area contributed by atoms with Crippen LogP contribution < -0.4 is 15.0 Å². The minimum absolute atomic E-state index is 0.00543. The molecule has 0 unspecified atom stereocenters. The van der Waals surface area contributed by atoms with Crippen molar-refractivity contribution < 1.29 is 14.3 Å². The Morgan fingerprint density at radius 2 is 1.94 bits per heavy atom. The molecule has 170 valence electrons. The first-order valence-corrected chi connectivity index (χ1v) is 12.4. The molecule has 0 saturated heterocycles. The van der Waals surface area contributed by atoms with Gasteiger partial charge in [-0.25, -0.2) is 4.98 Å². The van der Waals surface area contributed by atoms with Crippen LogP contribution in [0.3, 0.4) is 0 Å². The normalized spacial score (nSPS) is 16.2. The summed E-state index contributed by atoms with van der Waals surface area (Å²) in [7, 11) is 0. The van der Waals surface area contributed by atoms with Crippen molar-refractivity contribution in [1.29, 1.82) is 0 Å².